The van der Waals surface area contributed by atoms with Crippen LogP contribution in [0.2, 0.25) is 0 Å². The molecule has 1 aromatic heterocycles. The fourth-order valence-corrected chi connectivity index (χ4v) is 2.39. The number of carbonyl (C=O) groups is 2. The first-order chi connectivity index (χ1) is 9.18. The molecule has 98 valence electrons. The Morgan fingerprint density at radius 3 is 2.63 bits per heavy atom. The van der Waals surface area contributed by atoms with Crippen molar-refractivity contribution >= 4 is 23.2 Å². The molecule has 1 heterocycles. The van der Waals surface area contributed by atoms with Gasteiger partial charge in [0, 0.05) is 6.54 Å². The first kappa shape index (κ1) is 13.3. The minimum absolute atomic E-state index is 0.122. The van der Waals surface area contributed by atoms with Crippen molar-refractivity contribution in [2.75, 3.05) is 6.54 Å². The standard InChI is InChI=1S/C14H13NO3S/c16-13(12-6-3-9-19-12)15-8-7-10-4-1-2-5-11(10)14(17)18/h1-6,9H,7-8H2,(H,15,16)(H,17,18). The van der Waals surface area contributed by atoms with Crippen LogP contribution < -0.4 is 5.32 Å². The second-order valence-electron chi connectivity index (χ2n) is 3.95. The number of nitrogens with one attached hydrogen (secondary N) is 1. The van der Waals surface area contributed by atoms with E-state index in [4.69, 9.17) is 5.11 Å². The van der Waals surface area contributed by atoms with Crippen LogP contribution in [0.25, 0.3) is 0 Å². The smallest absolute Gasteiger partial charge is 0.335 e. The van der Waals surface area contributed by atoms with E-state index < -0.39 is 5.97 Å². The van der Waals surface area contributed by atoms with Crippen molar-refractivity contribution < 1.29 is 14.7 Å². The molecule has 4 nitrogen and oxygen atoms in total. The molecule has 0 radical (unpaired) electrons. The summed E-state index contributed by atoms with van der Waals surface area (Å²) in [6.45, 7) is 0.418. The molecule has 0 saturated carbocycles. The first-order valence-corrected chi connectivity index (χ1v) is 6.69. The quantitative estimate of drug-likeness (QED) is 0.880. The van der Waals surface area contributed by atoms with Crippen LogP contribution in [-0.4, -0.2) is 23.5 Å². The van der Waals surface area contributed by atoms with Gasteiger partial charge >= 0.3 is 5.97 Å². The third kappa shape index (κ3) is 3.42. The highest BCUT2D eigenvalue weighted by atomic mass is 32.1. The molecule has 0 atom stereocenters. The maximum absolute atomic E-state index is 11.7. The normalized spacial score (nSPS) is 10.1. The SMILES string of the molecule is O=C(NCCc1ccccc1C(=O)O)c1cccs1. The summed E-state index contributed by atoms with van der Waals surface area (Å²) in [4.78, 5) is 23.4. The van der Waals surface area contributed by atoms with E-state index in [0.29, 0.717) is 17.8 Å². The lowest BCUT2D eigenvalue weighted by Gasteiger charge is -2.06. The highest BCUT2D eigenvalue weighted by Gasteiger charge is 2.10. The molecule has 0 spiro atoms. The van der Waals surface area contributed by atoms with Gasteiger partial charge in [-0.05, 0) is 29.5 Å². The number of hydrogen-bond acceptors (Lipinski definition) is 3. The Morgan fingerprint density at radius 1 is 1.16 bits per heavy atom. The molecule has 0 aliphatic carbocycles. The minimum Gasteiger partial charge on any atom is -0.478 e. The molecule has 1 aromatic carbocycles. The zero-order valence-electron chi connectivity index (χ0n) is 10.1. The number of rotatable bonds is 5. The van der Waals surface area contributed by atoms with Crippen LogP contribution in [0.3, 0.4) is 0 Å². The topological polar surface area (TPSA) is 66.4 Å². The van der Waals surface area contributed by atoms with Gasteiger partial charge in [0.05, 0.1) is 10.4 Å². The Labute approximate surface area is 114 Å². The minimum atomic E-state index is -0.944. The Bertz CT molecular complexity index is 578. The highest BCUT2D eigenvalue weighted by Crippen LogP contribution is 2.10. The first-order valence-electron chi connectivity index (χ1n) is 5.81. The molecule has 0 fully saturated rings. The van der Waals surface area contributed by atoms with Crippen LogP contribution in [0.5, 0.6) is 0 Å². The van der Waals surface area contributed by atoms with E-state index in [1.165, 1.54) is 11.3 Å². The molecule has 2 rings (SSSR count). The van der Waals surface area contributed by atoms with Crippen molar-refractivity contribution in [1.29, 1.82) is 0 Å². The lowest BCUT2D eigenvalue weighted by molar-refractivity contribution is 0.0695. The van der Waals surface area contributed by atoms with Gasteiger partial charge in [0.1, 0.15) is 0 Å². The van der Waals surface area contributed by atoms with Gasteiger partial charge < -0.3 is 10.4 Å². The fraction of sp³-hybridized carbons (Fsp3) is 0.143. The number of carboxylic acid groups (broad SMARTS) is 1. The van der Waals surface area contributed by atoms with Crippen LogP contribution in [0.15, 0.2) is 41.8 Å². The molecule has 0 aliphatic heterocycles. The van der Waals surface area contributed by atoms with E-state index in [1.54, 1.807) is 30.3 Å². The summed E-state index contributed by atoms with van der Waals surface area (Å²) in [5.74, 6) is -1.07. The Balaban J connectivity index is 1.93. The van der Waals surface area contributed by atoms with Gasteiger partial charge in [0.15, 0.2) is 0 Å². The summed E-state index contributed by atoms with van der Waals surface area (Å²) in [6.07, 6.45) is 0.500. The molecule has 2 aromatic rings. The summed E-state index contributed by atoms with van der Waals surface area (Å²) < 4.78 is 0. The van der Waals surface area contributed by atoms with E-state index in [0.717, 1.165) is 5.56 Å². The van der Waals surface area contributed by atoms with Crippen LogP contribution in [-0.2, 0) is 6.42 Å². The Kier molecular flexibility index (Phi) is 4.30. The van der Waals surface area contributed by atoms with Gasteiger partial charge in [0.25, 0.3) is 5.91 Å². The zero-order chi connectivity index (χ0) is 13.7. The van der Waals surface area contributed by atoms with E-state index in [9.17, 15) is 9.59 Å². The fourth-order valence-electron chi connectivity index (χ4n) is 1.75. The number of amides is 1. The Morgan fingerprint density at radius 2 is 1.95 bits per heavy atom. The van der Waals surface area contributed by atoms with Gasteiger partial charge in [-0.1, -0.05) is 24.3 Å². The molecule has 0 unspecified atom stereocenters. The van der Waals surface area contributed by atoms with Crippen molar-refractivity contribution in [2.24, 2.45) is 0 Å². The number of hydrogen-bond donors (Lipinski definition) is 2. The third-order valence-corrected chi connectivity index (χ3v) is 3.54. The monoisotopic (exact) mass is 275 g/mol. The van der Waals surface area contributed by atoms with Crippen LogP contribution in [0.1, 0.15) is 25.6 Å². The lowest BCUT2D eigenvalue weighted by Crippen LogP contribution is -2.25. The van der Waals surface area contributed by atoms with Crippen LogP contribution in [0.4, 0.5) is 0 Å². The molecule has 0 saturated heterocycles. The summed E-state index contributed by atoms with van der Waals surface area (Å²) in [5, 5.41) is 13.7. The van der Waals surface area contributed by atoms with Crippen LogP contribution >= 0.6 is 11.3 Å². The van der Waals surface area contributed by atoms with E-state index in [2.05, 4.69) is 5.32 Å². The van der Waals surface area contributed by atoms with Crippen molar-refractivity contribution in [1.82, 2.24) is 5.32 Å². The molecule has 5 heteroatoms. The van der Waals surface area contributed by atoms with Crippen molar-refractivity contribution in [3.63, 3.8) is 0 Å². The summed E-state index contributed by atoms with van der Waals surface area (Å²) in [5.41, 5.74) is 1.01. The Hall–Kier alpha value is -2.14. The lowest BCUT2D eigenvalue weighted by atomic mass is 10.0. The van der Waals surface area contributed by atoms with E-state index >= 15 is 0 Å². The number of aromatic carboxylic acids is 1. The number of carboxylic acids is 1. The number of carbonyl (C=O) groups excluding carboxylic acids is 1. The highest BCUT2D eigenvalue weighted by molar-refractivity contribution is 7.12. The largest absolute Gasteiger partial charge is 0.478 e. The zero-order valence-corrected chi connectivity index (χ0v) is 10.9. The molecular weight excluding hydrogens is 262 g/mol. The molecule has 1 amide bonds. The summed E-state index contributed by atoms with van der Waals surface area (Å²) >= 11 is 1.38. The molecule has 0 bridgehead atoms. The second-order valence-corrected chi connectivity index (χ2v) is 4.89. The van der Waals surface area contributed by atoms with E-state index in [1.807, 2.05) is 11.4 Å². The number of thiophene rings is 1. The van der Waals surface area contributed by atoms with Gasteiger partial charge in [0.2, 0.25) is 0 Å². The molecular formula is C14H13NO3S. The molecule has 19 heavy (non-hydrogen) atoms. The van der Waals surface area contributed by atoms with Gasteiger partial charge in [-0.2, -0.15) is 0 Å². The maximum atomic E-state index is 11.7. The van der Waals surface area contributed by atoms with Gasteiger partial charge in [-0.15, -0.1) is 11.3 Å². The molecule has 0 aliphatic rings. The van der Waals surface area contributed by atoms with Gasteiger partial charge in [-0.3, -0.25) is 4.79 Å². The second kappa shape index (κ2) is 6.15. The van der Waals surface area contributed by atoms with Crippen molar-refractivity contribution in [3.05, 3.63) is 57.8 Å². The van der Waals surface area contributed by atoms with Crippen molar-refractivity contribution in [3.8, 4) is 0 Å². The average Bonchev–Trinajstić information content (AvgIpc) is 2.93. The van der Waals surface area contributed by atoms with E-state index in [-0.39, 0.29) is 11.5 Å². The predicted molar refractivity (Wildman–Crippen MR) is 73.8 cm³/mol. The van der Waals surface area contributed by atoms with Crippen molar-refractivity contribution in [2.45, 2.75) is 6.42 Å². The maximum Gasteiger partial charge on any atom is 0.335 e. The van der Waals surface area contributed by atoms with Gasteiger partial charge in [-0.25, -0.2) is 4.79 Å². The average molecular weight is 275 g/mol. The predicted octanol–water partition coefficient (Wildman–Crippen LogP) is 2.42. The molecule has 2 N–H and O–H groups in total. The summed E-state index contributed by atoms with van der Waals surface area (Å²) in [6, 6.07) is 10.4. The third-order valence-electron chi connectivity index (χ3n) is 2.67. The number of benzene rings is 1. The summed E-state index contributed by atoms with van der Waals surface area (Å²) in [7, 11) is 0. The van der Waals surface area contributed by atoms with Crippen LogP contribution in [0, 0.1) is 0 Å².